The third-order valence-corrected chi connectivity index (χ3v) is 3.77. The van der Waals surface area contributed by atoms with Crippen LogP contribution in [-0.2, 0) is 4.79 Å². The topological polar surface area (TPSA) is 86.9 Å². The molecular weight excluding hydrogens is 270 g/mol. The van der Waals surface area contributed by atoms with Crippen LogP contribution in [0.1, 0.15) is 29.6 Å². The van der Waals surface area contributed by atoms with Crippen LogP contribution in [0.15, 0.2) is 18.2 Å². The molecule has 1 fully saturated rings. The number of carbonyl (C=O) groups excluding carboxylic acids is 1. The number of benzene rings is 1. The number of anilines is 2. The Morgan fingerprint density at radius 1 is 1.29 bits per heavy atom. The first kappa shape index (κ1) is 15.2. The van der Waals surface area contributed by atoms with E-state index in [0.717, 1.165) is 25.9 Å². The average Bonchev–Trinajstić information content (AvgIpc) is 2.47. The molecule has 1 aromatic rings. The van der Waals surface area contributed by atoms with E-state index in [-0.39, 0.29) is 18.0 Å². The Hall–Kier alpha value is -2.24. The van der Waals surface area contributed by atoms with Crippen molar-refractivity contribution in [2.75, 3.05) is 37.3 Å². The number of likely N-dealkylation sites (tertiary alicyclic amines) is 1. The molecule has 114 valence electrons. The fraction of sp³-hybridized carbons (Fsp3) is 0.467. The molecule has 0 spiro atoms. The predicted molar refractivity (Wildman–Crippen MR) is 81.5 cm³/mol. The smallest absolute Gasteiger partial charge is 0.335 e. The monoisotopic (exact) mass is 291 g/mol. The van der Waals surface area contributed by atoms with Crippen molar-refractivity contribution in [3.63, 3.8) is 0 Å². The van der Waals surface area contributed by atoms with Crippen LogP contribution in [0.2, 0.25) is 0 Å². The molecule has 1 heterocycles. The highest BCUT2D eigenvalue weighted by Gasteiger charge is 2.19. The number of amides is 1. The minimum absolute atomic E-state index is 0.0823. The lowest BCUT2D eigenvalue weighted by Gasteiger charge is -2.29. The van der Waals surface area contributed by atoms with E-state index in [0.29, 0.717) is 11.4 Å². The van der Waals surface area contributed by atoms with E-state index in [4.69, 9.17) is 10.8 Å². The van der Waals surface area contributed by atoms with Crippen molar-refractivity contribution in [1.82, 2.24) is 4.90 Å². The Kier molecular flexibility index (Phi) is 4.67. The number of aromatic carboxylic acids is 1. The predicted octanol–water partition coefficient (Wildman–Crippen LogP) is 1.42. The maximum atomic E-state index is 12.2. The lowest BCUT2D eigenvalue weighted by atomic mass is 10.1. The van der Waals surface area contributed by atoms with Gasteiger partial charge in [0.1, 0.15) is 0 Å². The van der Waals surface area contributed by atoms with Crippen molar-refractivity contribution in [3.05, 3.63) is 23.8 Å². The summed E-state index contributed by atoms with van der Waals surface area (Å²) in [6.07, 6.45) is 3.30. The summed E-state index contributed by atoms with van der Waals surface area (Å²) in [6, 6.07) is 4.55. The highest BCUT2D eigenvalue weighted by Crippen LogP contribution is 2.23. The molecule has 6 heteroatoms. The molecule has 1 aliphatic heterocycles. The van der Waals surface area contributed by atoms with Gasteiger partial charge in [0.15, 0.2) is 0 Å². The number of hydrogen-bond acceptors (Lipinski definition) is 4. The largest absolute Gasteiger partial charge is 0.478 e. The van der Waals surface area contributed by atoms with Crippen LogP contribution in [-0.4, -0.2) is 48.6 Å². The highest BCUT2D eigenvalue weighted by atomic mass is 16.4. The molecule has 0 radical (unpaired) electrons. The van der Waals surface area contributed by atoms with Gasteiger partial charge in [-0.2, -0.15) is 0 Å². The second-order valence-electron chi connectivity index (χ2n) is 5.38. The summed E-state index contributed by atoms with van der Waals surface area (Å²) in [4.78, 5) is 26.7. The SMILES string of the molecule is CN(CC(=O)N1CCCCC1)c1ccc(C(=O)O)cc1N. The van der Waals surface area contributed by atoms with E-state index in [9.17, 15) is 9.59 Å². The van der Waals surface area contributed by atoms with Gasteiger partial charge in [0.05, 0.1) is 23.5 Å². The number of nitrogens with zero attached hydrogens (tertiary/aromatic N) is 2. The Morgan fingerprint density at radius 2 is 1.95 bits per heavy atom. The van der Waals surface area contributed by atoms with Gasteiger partial charge in [-0.3, -0.25) is 4.79 Å². The minimum atomic E-state index is -1.01. The number of likely N-dealkylation sites (N-methyl/N-ethyl adjacent to an activating group) is 1. The van der Waals surface area contributed by atoms with E-state index in [1.165, 1.54) is 18.6 Å². The first-order valence-corrected chi connectivity index (χ1v) is 7.11. The van der Waals surface area contributed by atoms with Crippen molar-refractivity contribution < 1.29 is 14.7 Å². The molecule has 21 heavy (non-hydrogen) atoms. The number of nitrogens with two attached hydrogens (primary N) is 1. The van der Waals surface area contributed by atoms with Gasteiger partial charge in [-0.1, -0.05) is 0 Å². The number of carbonyl (C=O) groups is 2. The summed E-state index contributed by atoms with van der Waals surface area (Å²) in [5.74, 6) is -0.931. The highest BCUT2D eigenvalue weighted by molar-refractivity contribution is 5.91. The first-order chi connectivity index (χ1) is 9.99. The molecule has 1 saturated heterocycles. The second kappa shape index (κ2) is 6.47. The molecule has 1 aromatic carbocycles. The van der Waals surface area contributed by atoms with E-state index in [1.54, 1.807) is 18.0 Å². The fourth-order valence-electron chi connectivity index (χ4n) is 2.57. The quantitative estimate of drug-likeness (QED) is 0.819. The molecule has 1 aliphatic rings. The van der Waals surface area contributed by atoms with Crippen LogP contribution in [0, 0.1) is 0 Å². The van der Waals surface area contributed by atoms with Gasteiger partial charge < -0.3 is 20.6 Å². The van der Waals surface area contributed by atoms with Crippen molar-refractivity contribution in [2.45, 2.75) is 19.3 Å². The molecular formula is C15H21N3O3. The van der Waals surface area contributed by atoms with Crippen LogP contribution in [0.3, 0.4) is 0 Å². The molecule has 0 bridgehead atoms. The summed E-state index contributed by atoms with van der Waals surface area (Å²) < 4.78 is 0. The van der Waals surface area contributed by atoms with Crippen LogP contribution in [0.25, 0.3) is 0 Å². The molecule has 0 aliphatic carbocycles. The van der Waals surface area contributed by atoms with E-state index in [2.05, 4.69) is 0 Å². The van der Waals surface area contributed by atoms with Gasteiger partial charge in [0.2, 0.25) is 5.91 Å². The molecule has 6 nitrogen and oxygen atoms in total. The summed E-state index contributed by atoms with van der Waals surface area (Å²) >= 11 is 0. The number of carboxylic acid groups (broad SMARTS) is 1. The molecule has 1 amide bonds. The van der Waals surface area contributed by atoms with Gasteiger partial charge in [-0.25, -0.2) is 4.79 Å². The summed E-state index contributed by atoms with van der Waals surface area (Å²) in [7, 11) is 1.79. The van der Waals surface area contributed by atoms with Gasteiger partial charge in [-0.05, 0) is 37.5 Å². The molecule has 2 rings (SSSR count). The molecule has 0 atom stereocenters. The van der Waals surface area contributed by atoms with Crippen molar-refractivity contribution in [1.29, 1.82) is 0 Å². The Morgan fingerprint density at radius 3 is 2.52 bits per heavy atom. The third kappa shape index (κ3) is 3.65. The van der Waals surface area contributed by atoms with Crippen LogP contribution in [0.4, 0.5) is 11.4 Å². The maximum absolute atomic E-state index is 12.2. The zero-order chi connectivity index (χ0) is 15.4. The summed E-state index contributed by atoms with van der Waals surface area (Å²) in [5.41, 5.74) is 7.07. The van der Waals surface area contributed by atoms with E-state index < -0.39 is 5.97 Å². The van der Waals surface area contributed by atoms with Crippen molar-refractivity contribution in [3.8, 4) is 0 Å². The zero-order valence-corrected chi connectivity index (χ0v) is 12.2. The lowest BCUT2D eigenvalue weighted by Crippen LogP contribution is -2.41. The van der Waals surface area contributed by atoms with Crippen LogP contribution < -0.4 is 10.6 Å². The Bertz CT molecular complexity index is 539. The van der Waals surface area contributed by atoms with E-state index >= 15 is 0 Å². The summed E-state index contributed by atoms with van der Waals surface area (Å²) in [5, 5.41) is 8.92. The normalized spacial score (nSPS) is 14.8. The van der Waals surface area contributed by atoms with Gasteiger partial charge in [0, 0.05) is 20.1 Å². The number of carboxylic acids is 1. The van der Waals surface area contributed by atoms with Gasteiger partial charge >= 0.3 is 5.97 Å². The van der Waals surface area contributed by atoms with Crippen LogP contribution >= 0.6 is 0 Å². The van der Waals surface area contributed by atoms with Gasteiger partial charge in [0.25, 0.3) is 0 Å². The lowest BCUT2D eigenvalue weighted by molar-refractivity contribution is -0.130. The average molecular weight is 291 g/mol. The van der Waals surface area contributed by atoms with Crippen LogP contribution in [0.5, 0.6) is 0 Å². The molecule has 3 N–H and O–H groups in total. The van der Waals surface area contributed by atoms with Gasteiger partial charge in [-0.15, -0.1) is 0 Å². The molecule has 0 unspecified atom stereocenters. The second-order valence-corrected chi connectivity index (χ2v) is 5.38. The standard InChI is InChI=1S/C15H21N3O3/c1-17(10-14(19)18-7-3-2-4-8-18)13-6-5-11(15(20)21)9-12(13)16/h5-6,9H,2-4,7-8,10,16H2,1H3,(H,20,21). The molecule has 0 saturated carbocycles. The summed E-state index contributed by atoms with van der Waals surface area (Å²) in [6.45, 7) is 1.89. The number of piperidine rings is 1. The number of hydrogen-bond donors (Lipinski definition) is 2. The fourth-order valence-corrected chi connectivity index (χ4v) is 2.57. The third-order valence-electron chi connectivity index (χ3n) is 3.77. The number of nitrogen functional groups attached to an aromatic ring is 1. The first-order valence-electron chi connectivity index (χ1n) is 7.11. The minimum Gasteiger partial charge on any atom is -0.478 e. The van der Waals surface area contributed by atoms with E-state index in [1.807, 2.05) is 4.90 Å². The maximum Gasteiger partial charge on any atom is 0.335 e. The molecule has 0 aromatic heterocycles. The Labute approximate surface area is 124 Å². The van der Waals surface area contributed by atoms with Crippen molar-refractivity contribution >= 4 is 23.3 Å². The number of rotatable bonds is 4. The van der Waals surface area contributed by atoms with Crippen molar-refractivity contribution in [2.24, 2.45) is 0 Å². The Balaban J connectivity index is 2.04. The zero-order valence-electron chi connectivity index (χ0n) is 12.2.